The highest BCUT2D eigenvalue weighted by molar-refractivity contribution is 5.68. The van der Waals surface area contributed by atoms with Crippen LogP contribution in [0, 0.1) is 0 Å². The number of rotatable bonds is 1. The molecule has 9 heavy (non-hydrogen) atoms. The second-order valence-electron chi connectivity index (χ2n) is 1.09. The predicted molar refractivity (Wildman–Crippen MR) is 35.3 cm³/mol. The average Bonchev–Trinajstić information content (AvgIpc) is 2.43. The smallest absolute Gasteiger partial charge is 0.185 e. The molecule has 0 saturated carbocycles. The first kappa shape index (κ1) is 7.88. The number of aldehydes is 1. The molecule has 0 aromatic carbocycles. The lowest BCUT2D eigenvalue weighted by Gasteiger charge is -1.68. The zero-order valence-electron chi connectivity index (χ0n) is 5.59. The van der Waals surface area contributed by atoms with Crippen LogP contribution in [0.4, 0.5) is 0 Å². The van der Waals surface area contributed by atoms with Gasteiger partial charge in [-0.2, -0.15) is 0 Å². The summed E-state index contributed by atoms with van der Waals surface area (Å²) in [5.74, 6) is 0.375. The molecule has 3 nitrogen and oxygen atoms in total. The van der Waals surface area contributed by atoms with Crippen molar-refractivity contribution in [3.63, 3.8) is 0 Å². The molecule has 0 radical (unpaired) electrons. The van der Waals surface area contributed by atoms with Gasteiger partial charge in [-0.1, -0.05) is 13.8 Å². The summed E-state index contributed by atoms with van der Waals surface area (Å²) in [6.07, 6.45) is 3.80. The molecular formula is C6H10N2O. The molecule has 1 N–H and O–H groups in total. The third-order valence-corrected chi connectivity index (χ3v) is 0.631. The minimum atomic E-state index is 0.375. The van der Waals surface area contributed by atoms with Crippen LogP contribution in [-0.2, 0) is 0 Å². The maximum Gasteiger partial charge on any atom is 0.185 e. The van der Waals surface area contributed by atoms with Gasteiger partial charge in [0.2, 0.25) is 0 Å². The summed E-state index contributed by atoms with van der Waals surface area (Å²) in [4.78, 5) is 16.0. The Kier molecular flexibility index (Phi) is 4.40. The summed E-state index contributed by atoms with van der Waals surface area (Å²) in [7, 11) is 0. The van der Waals surface area contributed by atoms with Gasteiger partial charge in [-0.3, -0.25) is 4.79 Å². The van der Waals surface area contributed by atoms with Crippen molar-refractivity contribution in [2.75, 3.05) is 0 Å². The second-order valence-corrected chi connectivity index (χ2v) is 1.09. The Hall–Kier alpha value is -1.12. The van der Waals surface area contributed by atoms with E-state index in [1.165, 1.54) is 6.20 Å². The van der Waals surface area contributed by atoms with E-state index in [-0.39, 0.29) is 0 Å². The molecule has 0 saturated heterocycles. The first-order valence-electron chi connectivity index (χ1n) is 2.88. The van der Waals surface area contributed by atoms with Crippen LogP contribution in [0.5, 0.6) is 0 Å². The van der Waals surface area contributed by atoms with Gasteiger partial charge < -0.3 is 4.98 Å². The Bertz CT molecular complexity index is 146. The van der Waals surface area contributed by atoms with Crippen molar-refractivity contribution in [1.82, 2.24) is 9.97 Å². The van der Waals surface area contributed by atoms with Crippen LogP contribution in [0.1, 0.15) is 24.5 Å². The van der Waals surface area contributed by atoms with Gasteiger partial charge in [0.05, 0.1) is 0 Å². The third-order valence-electron chi connectivity index (χ3n) is 0.631. The van der Waals surface area contributed by atoms with E-state index in [4.69, 9.17) is 0 Å². The van der Waals surface area contributed by atoms with Crippen LogP contribution < -0.4 is 0 Å². The van der Waals surface area contributed by atoms with Crippen molar-refractivity contribution in [2.24, 2.45) is 0 Å². The van der Waals surface area contributed by atoms with Crippen molar-refractivity contribution < 1.29 is 4.79 Å². The van der Waals surface area contributed by atoms with E-state index >= 15 is 0 Å². The van der Waals surface area contributed by atoms with Crippen molar-refractivity contribution >= 4 is 6.29 Å². The Labute approximate surface area is 54.1 Å². The van der Waals surface area contributed by atoms with E-state index in [9.17, 15) is 4.79 Å². The van der Waals surface area contributed by atoms with Gasteiger partial charge >= 0.3 is 0 Å². The highest BCUT2D eigenvalue weighted by Gasteiger charge is 1.82. The minimum absolute atomic E-state index is 0.375. The van der Waals surface area contributed by atoms with Gasteiger partial charge in [0.25, 0.3) is 0 Å². The number of imidazole rings is 1. The highest BCUT2D eigenvalue weighted by atomic mass is 16.1. The molecule has 1 rings (SSSR count). The Morgan fingerprint density at radius 1 is 1.67 bits per heavy atom. The Morgan fingerprint density at radius 2 is 2.33 bits per heavy atom. The van der Waals surface area contributed by atoms with Crippen molar-refractivity contribution in [3.05, 3.63) is 18.2 Å². The van der Waals surface area contributed by atoms with Gasteiger partial charge in [0, 0.05) is 12.4 Å². The lowest BCUT2D eigenvalue weighted by atomic mass is 10.7. The molecule has 0 bridgehead atoms. The molecule has 0 aliphatic carbocycles. The second kappa shape index (κ2) is 5.03. The van der Waals surface area contributed by atoms with E-state index in [0.29, 0.717) is 12.1 Å². The molecule has 0 aliphatic heterocycles. The highest BCUT2D eigenvalue weighted by Crippen LogP contribution is 1.77. The molecule has 0 fully saturated rings. The molecule has 3 heteroatoms. The van der Waals surface area contributed by atoms with Crippen molar-refractivity contribution in [3.8, 4) is 0 Å². The van der Waals surface area contributed by atoms with E-state index in [1.807, 2.05) is 13.8 Å². The number of aromatic amines is 1. The molecule has 0 aliphatic rings. The number of H-pyrrole nitrogens is 1. The van der Waals surface area contributed by atoms with Crippen LogP contribution in [0.25, 0.3) is 0 Å². The maximum atomic E-state index is 9.77. The van der Waals surface area contributed by atoms with Gasteiger partial charge in [-0.25, -0.2) is 4.98 Å². The number of aromatic nitrogens is 2. The van der Waals surface area contributed by atoms with Crippen LogP contribution >= 0.6 is 0 Å². The number of hydrogen-bond acceptors (Lipinski definition) is 2. The number of carbonyl (C=O) groups is 1. The standard InChI is InChI=1S/C4H4N2O.C2H6/c7-3-4-5-1-2-6-4;1-2/h1-3H,(H,5,6);1-2H3. The van der Waals surface area contributed by atoms with E-state index in [1.54, 1.807) is 6.20 Å². The number of hydrogen-bond donors (Lipinski definition) is 1. The monoisotopic (exact) mass is 126 g/mol. The predicted octanol–water partition coefficient (Wildman–Crippen LogP) is 1.25. The van der Waals surface area contributed by atoms with E-state index in [2.05, 4.69) is 9.97 Å². The minimum Gasteiger partial charge on any atom is -0.342 e. The van der Waals surface area contributed by atoms with E-state index < -0.39 is 0 Å². The SMILES string of the molecule is CC.O=Cc1ncc[nH]1. The molecule has 0 atom stereocenters. The van der Waals surface area contributed by atoms with Crippen LogP contribution in [0.15, 0.2) is 12.4 Å². The molecular weight excluding hydrogens is 116 g/mol. The fourth-order valence-corrected chi connectivity index (χ4v) is 0.342. The lowest BCUT2D eigenvalue weighted by molar-refractivity contribution is 0.111. The third kappa shape index (κ3) is 2.64. The Balaban J connectivity index is 0.000000291. The fraction of sp³-hybridized carbons (Fsp3) is 0.333. The summed E-state index contributed by atoms with van der Waals surface area (Å²) < 4.78 is 0. The van der Waals surface area contributed by atoms with Gasteiger partial charge in [-0.15, -0.1) is 0 Å². The van der Waals surface area contributed by atoms with E-state index in [0.717, 1.165) is 0 Å². The van der Waals surface area contributed by atoms with Crippen molar-refractivity contribution in [1.29, 1.82) is 0 Å². The molecule has 0 amide bonds. The van der Waals surface area contributed by atoms with Gasteiger partial charge in [0.15, 0.2) is 12.1 Å². The number of nitrogens with zero attached hydrogens (tertiary/aromatic N) is 1. The quantitative estimate of drug-likeness (QED) is 0.575. The molecule has 1 heterocycles. The van der Waals surface area contributed by atoms with Crippen LogP contribution in [0.2, 0.25) is 0 Å². The zero-order chi connectivity index (χ0) is 7.11. The molecule has 1 aromatic heterocycles. The largest absolute Gasteiger partial charge is 0.342 e. The molecule has 1 aromatic rings. The summed E-state index contributed by atoms with van der Waals surface area (Å²) >= 11 is 0. The van der Waals surface area contributed by atoms with Crippen molar-refractivity contribution in [2.45, 2.75) is 13.8 Å². The molecule has 0 unspecified atom stereocenters. The zero-order valence-corrected chi connectivity index (χ0v) is 5.59. The molecule has 0 spiro atoms. The summed E-state index contributed by atoms with van der Waals surface area (Å²) in [6.45, 7) is 4.00. The average molecular weight is 126 g/mol. The first-order chi connectivity index (χ1) is 4.43. The first-order valence-corrected chi connectivity index (χ1v) is 2.88. The summed E-state index contributed by atoms with van der Waals surface area (Å²) in [5, 5.41) is 0. The summed E-state index contributed by atoms with van der Waals surface area (Å²) in [6, 6.07) is 0. The number of nitrogens with one attached hydrogen (secondary N) is 1. The van der Waals surface area contributed by atoms with Crippen LogP contribution in [0.3, 0.4) is 0 Å². The molecule has 50 valence electrons. The maximum absolute atomic E-state index is 9.77. The lowest BCUT2D eigenvalue weighted by Crippen LogP contribution is -1.78. The topological polar surface area (TPSA) is 45.8 Å². The number of carbonyl (C=O) groups excluding carboxylic acids is 1. The summed E-state index contributed by atoms with van der Waals surface area (Å²) in [5.41, 5.74) is 0. The van der Waals surface area contributed by atoms with Gasteiger partial charge in [-0.05, 0) is 0 Å². The van der Waals surface area contributed by atoms with Gasteiger partial charge in [0.1, 0.15) is 0 Å². The fourth-order valence-electron chi connectivity index (χ4n) is 0.342. The Morgan fingerprint density at radius 3 is 2.56 bits per heavy atom. The normalized spacial score (nSPS) is 7.33. The van der Waals surface area contributed by atoms with Crippen LogP contribution in [-0.4, -0.2) is 16.3 Å².